The SMILES string of the molecule is COc1cc(SC)ccc1C(=O)Nc1ccccc1-c1nc2ccccc2[nH]1. The summed E-state index contributed by atoms with van der Waals surface area (Å²) < 4.78 is 5.41. The number of carbonyl (C=O) groups excluding carboxylic acids is 1. The Bertz CT molecular complexity index is 1120. The van der Waals surface area contributed by atoms with Crippen molar-refractivity contribution in [2.45, 2.75) is 4.90 Å². The second-order valence-electron chi connectivity index (χ2n) is 6.17. The average molecular weight is 389 g/mol. The molecule has 0 fully saturated rings. The summed E-state index contributed by atoms with van der Waals surface area (Å²) in [5.74, 6) is 1.03. The minimum atomic E-state index is -0.229. The van der Waals surface area contributed by atoms with E-state index < -0.39 is 0 Å². The first-order valence-electron chi connectivity index (χ1n) is 8.77. The molecule has 0 saturated carbocycles. The number of hydrogen-bond acceptors (Lipinski definition) is 4. The molecule has 2 N–H and O–H groups in total. The zero-order valence-corrected chi connectivity index (χ0v) is 16.3. The topological polar surface area (TPSA) is 67.0 Å². The number of ether oxygens (including phenoxy) is 1. The van der Waals surface area contributed by atoms with Gasteiger partial charge in [-0.1, -0.05) is 24.3 Å². The van der Waals surface area contributed by atoms with Gasteiger partial charge in [0.05, 0.1) is 29.4 Å². The lowest BCUT2D eigenvalue weighted by molar-refractivity contribution is 0.102. The smallest absolute Gasteiger partial charge is 0.259 e. The molecule has 0 bridgehead atoms. The summed E-state index contributed by atoms with van der Waals surface area (Å²) in [5.41, 5.74) is 3.83. The second-order valence-corrected chi connectivity index (χ2v) is 7.05. The number of nitrogens with zero attached hydrogens (tertiary/aromatic N) is 1. The molecule has 0 unspecified atom stereocenters. The zero-order chi connectivity index (χ0) is 19.5. The number of imidazole rings is 1. The van der Waals surface area contributed by atoms with Gasteiger partial charge in [-0.25, -0.2) is 4.98 Å². The molecular weight excluding hydrogens is 370 g/mol. The van der Waals surface area contributed by atoms with E-state index in [1.165, 1.54) is 0 Å². The predicted octanol–water partition coefficient (Wildman–Crippen LogP) is 5.21. The van der Waals surface area contributed by atoms with Gasteiger partial charge in [0, 0.05) is 10.5 Å². The first kappa shape index (κ1) is 18.1. The lowest BCUT2D eigenvalue weighted by atomic mass is 10.1. The Balaban J connectivity index is 1.69. The van der Waals surface area contributed by atoms with E-state index in [2.05, 4.69) is 15.3 Å². The Kier molecular flexibility index (Phi) is 5.04. The summed E-state index contributed by atoms with van der Waals surface area (Å²) >= 11 is 1.60. The molecule has 1 heterocycles. The fraction of sp³-hybridized carbons (Fsp3) is 0.0909. The third-order valence-electron chi connectivity index (χ3n) is 4.47. The third kappa shape index (κ3) is 3.46. The maximum atomic E-state index is 12.9. The zero-order valence-electron chi connectivity index (χ0n) is 15.5. The number of thioether (sulfide) groups is 1. The van der Waals surface area contributed by atoms with Crippen LogP contribution in [-0.2, 0) is 0 Å². The molecule has 6 heteroatoms. The molecule has 4 aromatic rings. The molecule has 0 radical (unpaired) electrons. The number of para-hydroxylation sites is 3. The van der Waals surface area contributed by atoms with Crippen molar-refractivity contribution in [3.8, 4) is 17.1 Å². The van der Waals surface area contributed by atoms with Crippen LogP contribution in [0, 0.1) is 0 Å². The molecule has 5 nitrogen and oxygen atoms in total. The van der Waals surface area contributed by atoms with Gasteiger partial charge in [-0.05, 0) is 48.7 Å². The highest BCUT2D eigenvalue weighted by molar-refractivity contribution is 7.98. The molecule has 0 spiro atoms. The summed E-state index contributed by atoms with van der Waals surface area (Å²) in [6.45, 7) is 0. The minimum absolute atomic E-state index is 0.229. The van der Waals surface area contributed by atoms with Crippen molar-refractivity contribution in [3.63, 3.8) is 0 Å². The molecule has 140 valence electrons. The summed E-state index contributed by atoms with van der Waals surface area (Å²) in [6, 6.07) is 21.0. The third-order valence-corrected chi connectivity index (χ3v) is 5.20. The van der Waals surface area contributed by atoms with Crippen molar-refractivity contribution in [3.05, 3.63) is 72.3 Å². The van der Waals surface area contributed by atoms with Gasteiger partial charge in [-0.15, -0.1) is 11.8 Å². The highest BCUT2D eigenvalue weighted by atomic mass is 32.2. The maximum absolute atomic E-state index is 12.9. The molecule has 3 aromatic carbocycles. The van der Waals surface area contributed by atoms with Gasteiger partial charge in [0.15, 0.2) is 0 Å². The number of nitrogens with one attached hydrogen (secondary N) is 2. The quantitative estimate of drug-likeness (QED) is 0.460. The lowest BCUT2D eigenvalue weighted by Gasteiger charge is -2.12. The second kappa shape index (κ2) is 7.78. The van der Waals surface area contributed by atoms with Gasteiger partial charge in [-0.2, -0.15) is 0 Å². The number of benzene rings is 3. The Morgan fingerprint density at radius 3 is 2.64 bits per heavy atom. The van der Waals surface area contributed by atoms with Crippen LogP contribution in [0.5, 0.6) is 5.75 Å². The normalized spacial score (nSPS) is 10.8. The van der Waals surface area contributed by atoms with E-state index >= 15 is 0 Å². The van der Waals surface area contributed by atoms with Gasteiger partial charge < -0.3 is 15.0 Å². The monoisotopic (exact) mass is 389 g/mol. The number of hydrogen-bond donors (Lipinski definition) is 2. The summed E-state index contributed by atoms with van der Waals surface area (Å²) in [5, 5.41) is 3.00. The van der Waals surface area contributed by atoms with Gasteiger partial charge in [0.1, 0.15) is 11.6 Å². The molecule has 0 atom stereocenters. The van der Waals surface area contributed by atoms with Crippen LogP contribution in [0.1, 0.15) is 10.4 Å². The average Bonchev–Trinajstić information content (AvgIpc) is 3.17. The molecule has 4 rings (SSSR count). The lowest BCUT2D eigenvalue weighted by Crippen LogP contribution is -2.14. The van der Waals surface area contributed by atoms with E-state index in [0.717, 1.165) is 21.5 Å². The van der Waals surface area contributed by atoms with Crippen molar-refractivity contribution in [2.75, 3.05) is 18.7 Å². The summed E-state index contributed by atoms with van der Waals surface area (Å²) in [7, 11) is 1.57. The van der Waals surface area contributed by atoms with E-state index in [1.807, 2.05) is 66.9 Å². The Morgan fingerprint density at radius 1 is 1.07 bits per heavy atom. The molecule has 1 aromatic heterocycles. The summed E-state index contributed by atoms with van der Waals surface area (Å²) in [6.07, 6.45) is 1.98. The van der Waals surface area contributed by atoms with Crippen LogP contribution >= 0.6 is 11.8 Å². The van der Waals surface area contributed by atoms with Crippen LogP contribution in [0.25, 0.3) is 22.4 Å². The molecule has 1 amide bonds. The number of carbonyl (C=O) groups is 1. The van der Waals surface area contributed by atoms with Crippen LogP contribution in [0.15, 0.2) is 71.6 Å². The Labute approximate surface area is 167 Å². The van der Waals surface area contributed by atoms with Crippen LogP contribution in [-0.4, -0.2) is 29.2 Å². The number of anilines is 1. The summed E-state index contributed by atoms with van der Waals surface area (Å²) in [4.78, 5) is 21.9. The number of aromatic nitrogens is 2. The minimum Gasteiger partial charge on any atom is -0.496 e. The standard InChI is InChI=1S/C22H19N3O2S/c1-27-20-13-14(28-2)11-12-16(20)22(26)25-17-8-4-3-7-15(17)21-23-18-9-5-6-10-19(18)24-21/h3-13H,1-2H3,(H,23,24)(H,25,26). The van der Waals surface area contributed by atoms with Gasteiger partial charge >= 0.3 is 0 Å². The molecule has 0 aliphatic rings. The number of aromatic amines is 1. The van der Waals surface area contributed by atoms with E-state index in [4.69, 9.17) is 4.74 Å². The van der Waals surface area contributed by atoms with E-state index in [-0.39, 0.29) is 5.91 Å². The molecular formula is C22H19N3O2S. The Morgan fingerprint density at radius 2 is 1.86 bits per heavy atom. The Hall–Kier alpha value is -3.25. The number of amides is 1. The van der Waals surface area contributed by atoms with Crippen molar-refractivity contribution >= 4 is 34.4 Å². The van der Waals surface area contributed by atoms with Crippen molar-refractivity contribution < 1.29 is 9.53 Å². The maximum Gasteiger partial charge on any atom is 0.259 e. The van der Waals surface area contributed by atoms with Crippen LogP contribution in [0.4, 0.5) is 5.69 Å². The van der Waals surface area contributed by atoms with Gasteiger partial charge in [-0.3, -0.25) is 4.79 Å². The fourth-order valence-electron chi connectivity index (χ4n) is 3.05. The van der Waals surface area contributed by atoms with Crippen LogP contribution in [0.3, 0.4) is 0 Å². The fourth-order valence-corrected chi connectivity index (χ4v) is 3.48. The number of rotatable bonds is 5. The molecule has 0 aliphatic heterocycles. The molecule has 0 saturated heterocycles. The van der Waals surface area contributed by atoms with Gasteiger partial charge in [0.25, 0.3) is 5.91 Å². The largest absolute Gasteiger partial charge is 0.496 e. The highest BCUT2D eigenvalue weighted by Crippen LogP contribution is 2.30. The van der Waals surface area contributed by atoms with E-state index in [1.54, 1.807) is 24.9 Å². The number of fused-ring (bicyclic) bond motifs is 1. The molecule has 0 aliphatic carbocycles. The van der Waals surface area contributed by atoms with Gasteiger partial charge in [0.2, 0.25) is 0 Å². The molecule has 28 heavy (non-hydrogen) atoms. The van der Waals surface area contributed by atoms with Crippen molar-refractivity contribution in [2.24, 2.45) is 0 Å². The highest BCUT2D eigenvalue weighted by Gasteiger charge is 2.16. The van der Waals surface area contributed by atoms with Crippen LogP contribution < -0.4 is 10.1 Å². The van der Waals surface area contributed by atoms with Crippen molar-refractivity contribution in [1.82, 2.24) is 9.97 Å². The van der Waals surface area contributed by atoms with E-state index in [0.29, 0.717) is 22.8 Å². The van der Waals surface area contributed by atoms with E-state index in [9.17, 15) is 4.79 Å². The van der Waals surface area contributed by atoms with Crippen LogP contribution in [0.2, 0.25) is 0 Å². The number of methoxy groups -OCH3 is 1. The first-order valence-corrected chi connectivity index (χ1v) is 9.99. The van der Waals surface area contributed by atoms with Crippen molar-refractivity contribution in [1.29, 1.82) is 0 Å². The number of H-pyrrole nitrogens is 1. The first-order chi connectivity index (χ1) is 13.7. The predicted molar refractivity (Wildman–Crippen MR) is 114 cm³/mol.